The molecule has 2 saturated heterocycles. The van der Waals surface area contributed by atoms with Gasteiger partial charge in [-0.1, -0.05) is 60.4 Å². The van der Waals surface area contributed by atoms with Gasteiger partial charge in [-0.2, -0.15) is 0 Å². The minimum atomic E-state index is -0.172. The summed E-state index contributed by atoms with van der Waals surface area (Å²) >= 11 is 6.61. The van der Waals surface area contributed by atoms with E-state index in [2.05, 4.69) is 29.2 Å². The molecule has 0 spiro atoms. The number of nitrogens with zero attached hydrogens (tertiary/aromatic N) is 4. The lowest BCUT2D eigenvalue weighted by molar-refractivity contribution is -0.121. The molecule has 0 radical (unpaired) electrons. The number of anilines is 1. The molecule has 1 aromatic carbocycles. The van der Waals surface area contributed by atoms with E-state index in [-0.39, 0.29) is 11.5 Å². The Morgan fingerprint density at radius 2 is 1.82 bits per heavy atom. The second-order valence-corrected chi connectivity index (χ2v) is 10.3. The number of rotatable bonds is 5. The van der Waals surface area contributed by atoms with Gasteiger partial charge in [0.1, 0.15) is 15.8 Å². The van der Waals surface area contributed by atoms with Gasteiger partial charge in [0.2, 0.25) is 0 Å². The van der Waals surface area contributed by atoms with Crippen molar-refractivity contribution in [2.24, 2.45) is 5.92 Å². The van der Waals surface area contributed by atoms with E-state index >= 15 is 0 Å². The summed E-state index contributed by atoms with van der Waals surface area (Å²) < 4.78 is 2.06. The first-order chi connectivity index (χ1) is 16.5. The summed E-state index contributed by atoms with van der Waals surface area (Å²) in [4.78, 5) is 35.5. The second-order valence-electron chi connectivity index (χ2n) is 8.63. The third kappa shape index (κ3) is 4.40. The molecule has 6 nitrogen and oxygen atoms in total. The highest BCUT2D eigenvalue weighted by Gasteiger charge is 2.32. The molecule has 34 heavy (non-hydrogen) atoms. The van der Waals surface area contributed by atoms with Gasteiger partial charge < -0.3 is 4.90 Å². The molecular formula is C26H26N4O2S2. The zero-order valence-corrected chi connectivity index (χ0v) is 20.6. The van der Waals surface area contributed by atoms with Crippen molar-refractivity contribution in [3.05, 3.63) is 81.1 Å². The number of piperidine rings is 1. The van der Waals surface area contributed by atoms with Crippen molar-refractivity contribution in [2.75, 3.05) is 24.5 Å². The quantitative estimate of drug-likeness (QED) is 0.391. The van der Waals surface area contributed by atoms with Crippen LogP contribution in [0.5, 0.6) is 0 Å². The van der Waals surface area contributed by atoms with Crippen LogP contribution in [0.2, 0.25) is 0 Å². The summed E-state index contributed by atoms with van der Waals surface area (Å²) in [5.74, 6) is 1.10. The largest absolute Gasteiger partial charge is 0.356 e. The zero-order chi connectivity index (χ0) is 23.7. The number of amides is 1. The molecular weight excluding hydrogens is 464 g/mol. The first kappa shape index (κ1) is 22.8. The average molecular weight is 491 g/mol. The molecule has 0 bridgehead atoms. The average Bonchev–Trinajstić information content (AvgIpc) is 3.13. The maximum absolute atomic E-state index is 13.5. The molecule has 2 aliphatic rings. The Morgan fingerprint density at radius 3 is 2.53 bits per heavy atom. The van der Waals surface area contributed by atoms with Crippen molar-refractivity contribution in [1.29, 1.82) is 0 Å². The van der Waals surface area contributed by atoms with Crippen molar-refractivity contribution in [2.45, 2.75) is 26.2 Å². The minimum Gasteiger partial charge on any atom is -0.356 e. The molecule has 2 fully saturated rings. The SMILES string of the molecule is CCN1C(=O)C(=Cc2c(N3CCC(Cc4ccccc4)CC3)nc3ccccn3c2=O)SC1=S. The highest BCUT2D eigenvalue weighted by molar-refractivity contribution is 8.26. The van der Waals surface area contributed by atoms with Crippen LogP contribution in [0.1, 0.15) is 30.9 Å². The van der Waals surface area contributed by atoms with E-state index < -0.39 is 0 Å². The predicted molar refractivity (Wildman–Crippen MR) is 142 cm³/mol. The van der Waals surface area contributed by atoms with Gasteiger partial charge in [-0.25, -0.2) is 4.98 Å². The van der Waals surface area contributed by atoms with Crippen molar-refractivity contribution in [1.82, 2.24) is 14.3 Å². The number of carbonyl (C=O) groups excluding carboxylic acids is 1. The summed E-state index contributed by atoms with van der Waals surface area (Å²) in [7, 11) is 0. The molecule has 0 saturated carbocycles. The first-order valence-electron chi connectivity index (χ1n) is 11.6. The summed E-state index contributed by atoms with van der Waals surface area (Å²) in [6, 6.07) is 16.1. The smallest absolute Gasteiger partial charge is 0.267 e. The third-order valence-corrected chi connectivity index (χ3v) is 7.87. The Bertz CT molecular complexity index is 1330. The van der Waals surface area contributed by atoms with Gasteiger partial charge in [0.15, 0.2) is 0 Å². The number of fused-ring (bicyclic) bond motifs is 1. The standard InChI is InChI=1S/C26H26N4O2S2/c1-2-29-25(32)21(34-26(29)33)17-20-23(27-22-10-6-7-13-30(22)24(20)31)28-14-11-19(12-15-28)16-18-8-4-3-5-9-18/h3-10,13,17,19H,2,11-12,14-16H2,1H3. The molecule has 174 valence electrons. The highest BCUT2D eigenvalue weighted by Crippen LogP contribution is 2.34. The van der Waals surface area contributed by atoms with Crippen LogP contribution in [0.15, 0.2) is 64.4 Å². The molecule has 1 amide bonds. The van der Waals surface area contributed by atoms with Crippen LogP contribution in [0, 0.1) is 5.92 Å². The van der Waals surface area contributed by atoms with Crippen molar-refractivity contribution >= 4 is 51.7 Å². The van der Waals surface area contributed by atoms with Gasteiger partial charge in [0, 0.05) is 25.8 Å². The molecule has 5 rings (SSSR count). The van der Waals surface area contributed by atoms with Crippen molar-refractivity contribution in [3.8, 4) is 0 Å². The minimum absolute atomic E-state index is 0.150. The molecule has 2 aromatic heterocycles. The van der Waals surface area contributed by atoms with E-state index in [9.17, 15) is 9.59 Å². The van der Waals surface area contributed by atoms with Gasteiger partial charge >= 0.3 is 0 Å². The Morgan fingerprint density at radius 1 is 1.09 bits per heavy atom. The number of hydrogen-bond donors (Lipinski definition) is 0. The van der Waals surface area contributed by atoms with Gasteiger partial charge in [0.05, 0.1) is 10.5 Å². The van der Waals surface area contributed by atoms with Gasteiger partial charge in [-0.15, -0.1) is 0 Å². The topological polar surface area (TPSA) is 57.9 Å². The maximum Gasteiger partial charge on any atom is 0.267 e. The molecule has 0 aliphatic carbocycles. The summed E-state index contributed by atoms with van der Waals surface area (Å²) in [5.41, 5.74) is 2.24. The lowest BCUT2D eigenvalue weighted by Crippen LogP contribution is -2.37. The van der Waals surface area contributed by atoms with E-state index in [0.29, 0.717) is 38.7 Å². The van der Waals surface area contributed by atoms with E-state index in [0.717, 1.165) is 32.4 Å². The van der Waals surface area contributed by atoms with E-state index in [1.807, 2.05) is 31.2 Å². The van der Waals surface area contributed by atoms with E-state index in [1.165, 1.54) is 21.7 Å². The molecule has 2 aliphatic heterocycles. The molecule has 3 aromatic rings. The van der Waals surface area contributed by atoms with E-state index in [4.69, 9.17) is 17.2 Å². The zero-order valence-electron chi connectivity index (χ0n) is 19.0. The third-order valence-electron chi connectivity index (χ3n) is 6.50. The first-order valence-corrected chi connectivity index (χ1v) is 12.8. The van der Waals surface area contributed by atoms with Crippen LogP contribution in [0.3, 0.4) is 0 Å². The van der Waals surface area contributed by atoms with Crippen LogP contribution in [0.25, 0.3) is 11.7 Å². The Hall–Kier alpha value is -2.97. The molecule has 0 atom stereocenters. The number of thiocarbonyl (C=S) groups is 1. The Balaban J connectivity index is 1.48. The lowest BCUT2D eigenvalue weighted by Gasteiger charge is -2.33. The van der Waals surface area contributed by atoms with Crippen LogP contribution < -0.4 is 10.5 Å². The van der Waals surface area contributed by atoms with Crippen LogP contribution in [-0.2, 0) is 11.2 Å². The van der Waals surface area contributed by atoms with E-state index in [1.54, 1.807) is 17.2 Å². The summed E-state index contributed by atoms with van der Waals surface area (Å²) in [5, 5.41) is 0. The summed E-state index contributed by atoms with van der Waals surface area (Å²) in [6.07, 6.45) is 6.53. The van der Waals surface area contributed by atoms with Crippen LogP contribution >= 0.6 is 24.0 Å². The Labute approximate surface area is 208 Å². The normalized spacial score (nSPS) is 18.4. The van der Waals surface area contributed by atoms with Gasteiger partial charge in [-0.05, 0) is 55.9 Å². The number of likely N-dealkylation sites (N-methyl/N-ethyl adjacent to an activating group) is 1. The number of pyridine rings is 1. The van der Waals surface area contributed by atoms with Crippen molar-refractivity contribution < 1.29 is 4.79 Å². The highest BCUT2D eigenvalue weighted by atomic mass is 32.2. The Kier molecular flexibility index (Phi) is 6.52. The summed E-state index contributed by atoms with van der Waals surface area (Å²) in [6.45, 7) is 4.05. The van der Waals surface area contributed by atoms with Crippen molar-refractivity contribution in [3.63, 3.8) is 0 Å². The fourth-order valence-corrected chi connectivity index (χ4v) is 6.02. The van der Waals surface area contributed by atoms with Gasteiger partial charge in [-0.3, -0.25) is 18.9 Å². The fourth-order valence-electron chi connectivity index (χ4n) is 4.66. The number of carbonyl (C=O) groups is 1. The molecule has 8 heteroatoms. The molecule has 0 unspecified atom stereocenters. The predicted octanol–water partition coefficient (Wildman–Crippen LogP) is 4.37. The monoisotopic (exact) mass is 490 g/mol. The molecule has 4 heterocycles. The lowest BCUT2D eigenvalue weighted by atomic mass is 9.90. The van der Waals surface area contributed by atoms with Crippen LogP contribution in [0.4, 0.5) is 5.82 Å². The molecule has 0 N–H and O–H groups in total. The number of aromatic nitrogens is 2. The number of thioether (sulfide) groups is 1. The maximum atomic E-state index is 13.5. The van der Waals surface area contributed by atoms with Gasteiger partial charge in [0.25, 0.3) is 11.5 Å². The second kappa shape index (κ2) is 9.72. The number of hydrogen-bond acceptors (Lipinski definition) is 6. The number of benzene rings is 1. The van der Waals surface area contributed by atoms with Crippen LogP contribution in [-0.4, -0.2) is 44.1 Å². The fraction of sp³-hybridized carbons (Fsp3) is 0.308.